The highest BCUT2D eigenvalue weighted by molar-refractivity contribution is 6.31. The molecule has 0 aliphatic carbocycles. The molecule has 0 aliphatic heterocycles. The molecule has 142 valence electrons. The van der Waals surface area contributed by atoms with Crippen LogP contribution in [0.25, 0.3) is 22.3 Å². The number of benzene rings is 1. The Morgan fingerprint density at radius 1 is 1.07 bits per heavy atom. The fourth-order valence-corrected chi connectivity index (χ4v) is 3.47. The van der Waals surface area contributed by atoms with Gasteiger partial charge in [-0.15, -0.1) is 0 Å². The van der Waals surface area contributed by atoms with Gasteiger partial charge in [0.05, 0.1) is 18.5 Å². The number of hydrogen-bond acceptors (Lipinski definition) is 6. The Kier molecular flexibility index (Phi) is 5.27. The molecule has 3 aromatic heterocycles. The Balaban J connectivity index is 1.60. The maximum atomic E-state index is 6.36. The molecule has 9 heteroatoms. The fourth-order valence-electron chi connectivity index (χ4n) is 3.06. The monoisotopic (exact) mass is 414 g/mol. The fraction of sp³-hybridized carbons (Fsp3) is 0.158. The van der Waals surface area contributed by atoms with Crippen molar-refractivity contribution >= 4 is 40.2 Å². The number of anilines is 1. The van der Waals surface area contributed by atoms with E-state index in [0.717, 1.165) is 22.4 Å². The zero-order chi connectivity index (χ0) is 19.5. The predicted octanol–water partition coefficient (Wildman–Crippen LogP) is 4.38. The van der Waals surface area contributed by atoms with Gasteiger partial charge in [0.2, 0.25) is 0 Å². The SMILES string of the molecule is COc1c(CCNc2ncnc3[nH]cnc23)cc(Cl)cc1-c1cncc(Cl)c1. The van der Waals surface area contributed by atoms with E-state index in [4.69, 9.17) is 27.9 Å². The summed E-state index contributed by atoms with van der Waals surface area (Å²) in [4.78, 5) is 19.8. The number of imidazole rings is 1. The molecular weight excluding hydrogens is 399 g/mol. The van der Waals surface area contributed by atoms with Crippen molar-refractivity contribution in [3.05, 3.63) is 58.9 Å². The summed E-state index contributed by atoms with van der Waals surface area (Å²) >= 11 is 12.5. The van der Waals surface area contributed by atoms with E-state index in [-0.39, 0.29) is 0 Å². The Morgan fingerprint density at radius 3 is 2.79 bits per heavy atom. The van der Waals surface area contributed by atoms with E-state index in [9.17, 15) is 0 Å². The maximum Gasteiger partial charge on any atom is 0.162 e. The normalized spacial score (nSPS) is 11.0. The Labute approximate surface area is 171 Å². The lowest BCUT2D eigenvalue weighted by Crippen LogP contribution is -2.08. The number of pyridine rings is 1. The molecule has 4 aromatic rings. The van der Waals surface area contributed by atoms with Crippen molar-refractivity contribution in [2.75, 3.05) is 19.0 Å². The quantitative estimate of drug-likeness (QED) is 0.486. The second kappa shape index (κ2) is 8.00. The zero-order valence-electron chi connectivity index (χ0n) is 14.9. The third-order valence-corrected chi connectivity index (χ3v) is 4.68. The van der Waals surface area contributed by atoms with Gasteiger partial charge < -0.3 is 15.0 Å². The summed E-state index contributed by atoms with van der Waals surface area (Å²) in [6.45, 7) is 0.614. The van der Waals surface area contributed by atoms with E-state index in [0.29, 0.717) is 40.0 Å². The van der Waals surface area contributed by atoms with Gasteiger partial charge in [-0.25, -0.2) is 15.0 Å². The lowest BCUT2D eigenvalue weighted by Gasteiger charge is -2.15. The second-order valence-electron chi connectivity index (χ2n) is 6.04. The number of methoxy groups -OCH3 is 1. The average molecular weight is 415 g/mol. The van der Waals surface area contributed by atoms with E-state index < -0.39 is 0 Å². The summed E-state index contributed by atoms with van der Waals surface area (Å²) in [5.41, 5.74) is 4.04. The molecule has 7 nitrogen and oxygen atoms in total. The first-order valence-electron chi connectivity index (χ1n) is 8.51. The van der Waals surface area contributed by atoms with Crippen molar-refractivity contribution < 1.29 is 4.74 Å². The van der Waals surface area contributed by atoms with Gasteiger partial charge in [-0.2, -0.15) is 0 Å². The van der Waals surface area contributed by atoms with Crippen LogP contribution in [0.5, 0.6) is 5.75 Å². The molecule has 0 unspecified atom stereocenters. The van der Waals surface area contributed by atoms with Gasteiger partial charge in [0, 0.05) is 35.1 Å². The summed E-state index contributed by atoms with van der Waals surface area (Å²) in [5.74, 6) is 1.41. The molecule has 1 aromatic carbocycles. The summed E-state index contributed by atoms with van der Waals surface area (Å²) in [7, 11) is 1.64. The van der Waals surface area contributed by atoms with Gasteiger partial charge in [0.15, 0.2) is 11.5 Å². The van der Waals surface area contributed by atoms with E-state index in [1.165, 1.54) is 6.33 Å². The molecule has 0 aliphatic rings. The molecule has 0 amide bonds. The van der Waals surface area contributed by atoms with Crippen molar-refractivity contribution in [3.8, 4) is 16.9 Å². The minimum absolute atomic E-state index is 0.550. The van der Waals surface area contributed by atoms with Crippen LogP contribution in [0.4, 0.5) is 5.82 Å². The lowest BCUT2D eigenvalue weighted by molar-refractivity contribution is 0.411. The second-order valence-corrected chi connectivity index (χ2v) is 6.91. The highest BCUT2D eigenvalue weighted by atomic mass is 35.5. The van der Waals surface area contributed by atoms with Crippen molar-refractivity contribution in [2.45, 2.75) is 6.42 Å². The number of nitrogens with zero attached hydrogens (tertiary/aromatic N) is 4. The number of halogens is 2. The third kappa shape index (κ3) is 3.72. The summed E-state index contributed by atoms with van der Waals surface area (Å²) in [5, 5.41) is 4.46. The maximum absolute atomic E-state index is 6.36. The topological polar surface area (TPSA) is 88.6 Å². The summed E-state index contributed by atoms with van der Waals surface area (Å²) in [6, 6.07) is 5.58. The standard InChI is InChI=1S/C19H16Cl2N6O/c1-28-17-11(2-3-23-18-16-19(25-9-24-16)27-10-26-18)4-13(20)6-15(17)12-5-14(21)8-22-7-12/h4-10H,2-3H2,1H3,(H2,23,24,25,26,27). The van der Waals surface area contributed by atoms with Gasteiger partial charge >= 0.3 is 0 Å². The molecule has 0 fully saturated rings. The number of ether oxygens (including phenoxy) is 1. The van der Waals surface area contributed by atoms with Crippen LogP contribution in [-0.2, 0) is 6.42 Å². The number of hydrogen-bond donors (Lipinski definition) is 2. The molecular formula is C19H16Cl2N6O. The number of nitrogens with one attached hydrogen (secondary N) is 2. The molecule has 28 heavy (non-hydrogen) atoms. The molecule has 0 bridgehead atoms. The van der Waals surface area contributed by atoms with Crippen LogP contribution in [0.1, 0.15) is 5.56 Å². The molecule has 2 N–H and O–H groups in total. The van der Waals surface area contributed by atoms with Crippen molar-refractivity contribution in [2.24, 2.45) is 0 Å². The molecule has 0 radical (unpaired) electrons. The van der Waals surface area contributed by atoms with Crippen LogP contribution in [0.15, 0.2) is 43.2 Å². The summed E-state index contributed by atoms with van der Waals surface area (Å²) in [6.07, 6.45) is 7.07. The van der Waals surface area contributed by atoms with Crippen molar-refractivity contribution in [1.82, 2.24) is 24.9 Å². The molecule has 0 saturated carbocycles. The Hall–Kier alpha value is -2.90. The van der Waals surface area contributed by atoms with Crippen LogP contribution in [-0.4, -0.2) is 38.6 Å². The van der Waals surface area contributed by atoms with Gasteiger partial charge in [0.25, 0.3) is 0 Å². The largest absolute Gasteiger partial charge is 0.496 e. The number of fused-ring (bicyclic) bond motifs is 1. The lowest BCUT2D eigenvalue weighted by atomic mass is 10.0. The third-order valence-electron chi connectivity index (χ3n) is 4.25. The smallest absolute Gasteiger partial charge is 0.162 e. The van der Waals surface area contributed by atoms with Crippen LogP contribution >= 0.6 is 23.2 Å². The van der Waals surface area contributed by atoms with Crippen molar-refractivity contribution in [3.63, 3.8) is 0 Å². The van der Waals surface area contributed by atoms with Crippen LogP contribution in [0.2, 0.25) is 10.0 Å². The average Bonchev–Trinajstić information content (AvgIpc) is 3.17. The van der Waals surface area contributed by atoms with Gasteiger partial charge in [-0.3, -0.25) is 4.98 Å². The first kappa shape index (κ1) is 18.5. The minimum Gasteiger partial charge on any atom is -0.496 e. The number of rotatable bonds is 6. The van der Waals surface area contributed by atoms with Gasteiger partial charge in [-0.05, 0) is 30.2 Å². The Bertz CT molecular complexity index is 1130. The highest BCUT2D eigenvalue weighted by Gasteiger charge is 2.14. The predicted molar refractivity (Wildman–Crippen MR) is 110 cm³/mol. The molecule has 3 heterocycles. The van der Waals surface area contributed by atoms with E-state index in [1.54, 1.807) is 25.8 Å². The van der Waals surface area contributed by atoms with Crippen molar-refractivity contribution in [1.29, 1.82) is 0 Å². The first-order valence-corrected chi connectivity index (χ1v) is 9.26. The summed E-state index contributed by atoms with van der Waals surface area (Å²) < 4.78 is 5.69. The van der Waals surface area contributed by atoms with E-state index in [2.05, 4.69) is 30.2 Å². The van der Waals surface area contributed by atoms with E-state index in [1.807, 2.05) is 18.2 Å². The molecule has 0 saturated heterocycles. The molecule has 0 atom stereocenters. The first-order chi connectivity index (χ1) is 13.7. The van der Waals surface area contributed by atoms with Crippen LogP contribution < -0.4 is 10.1 Å². The molecule has 4 rings (SSSR count). The van der Waals surface area contributed by atoms with Crippen LogP contribution in [0.3, 0.4) is 0 Å². The Morgan fingerprint density at radius 2 is 1.96 bits per heavy atom. The minimum atomic E-state index is 0.550. The number of aromatic nitrogens is 5. The number of aromatic amines is 1. The molecule has 0 spiro atoms. The van der Waals surface area contributed by atoms with Crippen LogP contribution in [0, 0.1) is 0 Å². The van der Waals surface area contributed by atoms with Gasteiger partial charge in [0.1, 0.15) is 17.6 Å². The number of H-pyrrole nitrogens is 1. The van der Waals surface area contributed by atoms with Gasteiger partial charge in [-0.1, -0.05) is 23.2 Å². The highest BCUT2D eigenvalue weighted by Crippen LogP contribution is 2.37. The van der Waals surface area contributed by atoms with E-state index >= 15 is 0 Å². The zero-order valence-corrected chi connectivity index (χ0v) is 16.4.